The van der Waals surface area contributed by atoms with Gasteiger partial charge in [0.1, 0.15) is 0 Å². The molecular formula is C21H19F3N2O. The summed E-state index contributed by atoms with van der Waals surface area (Å²) in [6.45, 7) is 5.03. The summed E-state index contributed by atoms with van der Waals surface area (Å²) in [4.78, 5) is 2.24. The van der Waals surface area contributed by atoms with Crippen molar-refractivity contribution in [1.29, 1.82) is 5.26 Å². The van der Waals surface area contributed by atoms with Crippen LogP contribution in [-0.2, 0) is 10.9 Å². The van der Waals surface area contributed by atoms with Crippen molar-refractivity contribution in [2.75, 3.05) is 31.2 Å². The Kier molecular flexibility index (Phi) is 5.52. The Morgan fingerprint density at radius 2 is 1.78 bits per heavy atom. The van der Waals surface area contributed by atoms with Crippen molar-refractivity contribution in [3.05, 3.63) is 64.7 Å². The molecule has 140 valence electrons. The van der Waals surface area contributed by atoms with Gasteiger partial charge in [-0.05, 0) is 54.0 Å². The molecule has 1 fully saturated rings. The summed E-state index contributed by atoms with van der Waals surface area (Å²) in [5.74, 6) is 0. The molecule has 0 spiro atoms. The Balaban J connectivity index is 1.86. The standard InChI is InChI=1S/C21H19F3N2O/c1-15-12-20(26-8-10-27-11-9-26)7-4-17(15)13-18(14-25)16-2-5-19(6-3-16)21(22,23)24/h2-7,12-13H,8-11H2,1H3/b18-13-. The molecule has 0 atom stereocenters. The molecule has 6 heteroatoms. The number of halogens is 3. The van der Waals surface area contributed by atoms with Crippen LogP contribution in [0.15, 0.2) is 42.5 Å². The second kappa shape index (κ2) is 7.85. The summed E-state index contributed by atoms with van der Waals surface area (Å²) >= 11 is 0. The monoisotopic (exact) mass is 372 g/mol. The number of morpholine rings is 1. The quantitative estimate of drug-likeness (QED) is 0.567. The number of benzene rings is 2. The van der Waals surface area contributed by atoms with E-state index in [0.29, 0.717) is 24.4 Å². The van der Waals surface area contributed by atoms with Crippen LogP contribution in [-0.4, -0.2) is 26.3 Å². The predicted molar refractivity (Wildman–Crippen MR) is 99.1 cm³/mol. The molecule has 0 saturated carbocycles. The topological polar surface area (TPSA) is 36.3 Å². The molecular weight excluding hydrogens is 353 g/mol. The van der Waals surface area contributed by atoms with Crippen LogP contribution in [0, 0.1) is 18.3 Å². The normalized spacial score (nSPS) is 15.5. The summed E-state index contributed by atoms with van der Waals surface area (Å²) in [5, 5.41) is 9.46. The molecule has 27 heavy (non-hydrogen) atoms. The van der Waals surface area contributed by atoms with Crippen LogP contribution in [0.5, 0.6) is 0 Å². The van der Waals surface area contributed by atoms with Crippen LogP contribution in [0.1, 0.15) is 22.3 Å². The minimum atomic E-state index is -4.39. The third kappa shape index (κ3) is 4.50. The lowest BCUT2D eigenvalue weighted by molar-refractivity contribution is -0.137. The molecule has 0 radical (unpaired) electrons. The first-order chi connectivity index (χ1) is 12.9. The van der Waals surface area contributed by atoms with Gasteiger partial charge in [0.25, 0.3) is 0 Å². The van der Waals surface area contributed by atoms with Crippen LogP contribution in [0.25, 0.3) is 11.6 Å². The Bertz CT molecular complexity index is 874. The fourth-order valence-electron chi connectivity index (χ4n) is 3.01. The highest BCUT2D eigenvalue weighted by Crippen LogP contribution is 2.30. The zero-order valence-corrected chi connectivity index (χ0v) is 14.9. The fraction of sp³-hybridized carbons (Fsp3) is 0.286. The summed E-state index contributed by atoms with van der Waals surface area (Å²) in [5.41, 5.74) is 3.02. The van der Waals surface area contributed by atoms with Crippen molar-refractivity contribution < 1.29 is 17.9 Å². The van der Waals surface area contributed by atoms with E-state index in [0.717, 1.165) is 42.0 Å². The van der Waals surface area contributed by atoms with E-state index in [2.05, 4.69) is 17.0 Å². The van der Waals surface area contributed by atoms with Crippen LogP contribution < -0.4 is 4.90 Å². The smallest absolute Gasteiger partial charge is 0.378 e. The van der Waals surface area contributed by atoms with Gasteiger partial charge in [0.2, 0.25) is 0 Å². The lowest BCUT2D eigenvalue weighted by atomic mass is 9.99. The van der Waals surface area contributed by atoms with Crippen LogP contribution in [0.3, 0.4) is 0 Å². The minimum absolute atomic E-state index is 0.325. The van der Waals surface area contributed by atoms with Gasteiger partial charge in [0, 0.05) is 18.8 Å². The van der Waals surface area contributed by atoms with Crippen LogP contribution >= 0.6 is 0 Å². The van der Waals surface area contributed by atoms with E-state index >= 15 is 0 Å². The maximum absolute atomic E-state index is 12.7. The SMILES string of the molecule is Cc1cc(N2CCOCC2)ccc1/C=C(/C#N)c1ccc(C(F)(F)F)cc1. The van der Waals surface area contributed by atoms with Gasteiger partial charge in [-0.3, -0.25) is 0 Å². The van der Waals surface area contributed by atoms with E-state index < -0.39 is 11.7 Å². The largest absolute Gasteiger partial charge is 0.416 e. The van der Waals surface area contributed by atoms with Gasteiger partial charge in [0.05, 0.1) is 30.4 Å². The molecule has 1 aliphatic heterocycles. The predicted octanol–water partition coefficient (Wildman–Crippen LogP) is 4.91. The average Bonchev–Trinajstić information content (AvgIpc) is 2.67. The molecule has 1 heterocycles. The van der Waals surface area contributed by atoms with E-state index in [1.165, 1.54) is 12.1 Å². The van der Waals surface area contributed by atoms with Crippen LogP contribution in [0.4, 0.5) is 18.9 Å². The highest BCUT2D eigenvalue weighted by Gasteiger charge is 2.30. The molecule has 1 saturated heterocycles. The molecule has 2 aromatic rings. The van der Waals surface area contributed by atoms with Gasteiger partial charge in [-0.2, -0.15) is 18.4 Å². The zero-order valence-electron chi connectivity index (χ0n) is 14.9. The fourth-order valence-corrected chi connectivity index (χ4v) is 3.01. The van der Waals surface area contributed by atoms with Gasteiger partial charge in [-0.15, -0.1) is 0 Å². The maximum atomic E-state index is 12.7. The van der Waals surface area contributed by atoms with Crippen molar-refractivity contribution in [3.63, 3.8) is 0 Å². The van der Waals surface area contributed by atoms with Crippen molar-refractivity contribution >= 4 is 17.3 Å². The summed E-state index contributed by atoms with van der Waals surface area (Å²) in [6, 6.07) is 12.7. The maximum Gasteiger partial charge on any atom is 0.416 e. The lowest BCUT2D eigenvalue weighted by Gasteiger charge is -2.29. The first kappa shape index (κ1) is 19.0. The highest BCUT2D eigenvalue weighted by molar-refractivity contribution is 5.90. The van der Waals surface area contributed by atoms with Crippen molar-refractivity contribution in [3.8, 4) is 6.07 Å². The number of anilines is 1. The molecule has 3 nitrogen and oxygen atoms in total. The average molecular weight is 372 g/mol. The Hall–Kier alpha value is -2.78. The number of allylic oxidation sites excluding steroid dienone is 1. The van der Waals surface area contributed by atoms with E-state index in [9.17, 15) is 18.4 Å². The number of ether oxygens (including phenoxy) is 1. The van der Waals surface area contributed by atoms with Gasteiger partial charge in [-0.1, -0.05) is 18.2 Å². The van der Waals surface area contributed by atoms with E-state index in [1.54, 1.807) is 6.08 Å². The number of alkyl halides is 3. The molecule has 3 rings (SSSR count). The van der Waals surface area contributed by atoms with E-state index in [-0.39, 0.29) is 0 Å². The molecule has 0 bridgehead atoms. The minimum Gasteiger partial charge on any atom is -0.378 e. The van der Waals surface area contributed by atoms with Gasteiger partial charge in [-0.25, -0.2) is 0 Å². The summed E-state index contributed by atoms with van der Waals surface area (Å²) in [7, 11) is 0. The number of hydrogen-bond donors (Lipinski definition) is 0. The number of rotatable bonds is 3. The Morgan fingerprint density at radius 1 is 1.11 bits per heavy atom. The van der Waals surface area contributed by atoms with Crippen molar-refractivity contribution in [2.24, 2.45) is 0 Å². The Morgan fingerprint density at radius 3 is 2.33 bits per heavy atom. The third-order valence-corrected chi connectivity index (χ3v) is 4.57. The Labute approximate surface area is 156 Å². The summed E-state index contributed by atoms with van der Waals surface area (Å²) in [6.07, 6.45) is -2.68. The van der Waals surface area contributed by atoms with Crippen LogP contribution in [0.2, 0.25) is 0 Å². The lowest BCUT2D eigenvalue weighted by Crippen LogP contribution is -2.36. The first-order valence-corrected chi connectivity index (χ1v) is 8.61. The highest BCUT2D eigenvalue weighted by atomic mass is 19.4. The number of nitriles is 1. The second-order valence-electron chi connectivity index (χ2n) is 6.39. The number of hydrogen-bond acceptors (Lipinski definition) is 3. The second-order valence-corrected chi connectivity index (χ2v) is 6.39. The molecule has 0 N–H and O–H groups in total. The van der Waals surface area contributed by atoms with Crippen molar-refractivity contribution in [1.82, 2.24) is 0 Å². The number of aryl methyl sites for hydroxylation is 1. The molecule has 0 amide bonds. The van der Waals surface area contributed by atoms with Gasteiger partial charge < -0.3 is 9.64 Å². The molecule has 0 unspecified atom stereocenters. The molecule has 0 aromatic heterocycles. The van der Waals surface area contributed by atoms with E-state index in [1.807, 2.05) is 19.1 Å². The molecule has 0 aliphatic carbocycles. The number of nitrogens with zero attached hydrogens (tertiary/aromatic N) is 2. The first-order valence-electron chi connectivity index (χ1n) is 8.61. The van der Waals surface area contributed by atoms with Gasteiger partial charge in [0.15, 0.2) is 0 Å². The molecule has 2 aromatic carbocycles. The molecule has 1 aliphatic rings. The van der Waals surface area contributed by atoms with E-state index in [4.69, 9.17) is 4.74 Å². The summed E-state index contributed by atoms with van der Waals surface area (Å²) < 4.78 is 43.5. The van der Waals surface area contributed by atoms with Crippen molar-refractivity contribution in [2.45, 2.75) is 13.1 Å². The third-order valence-electron chi connectivity index (χ3n) is 4.57. The van der Waals surface area contributed by atoms with Gasteiger partial charge >= 0.3 is 6.18 Å². The zero-order chi connectivity index (χ0) is 19.4.